The van der Waals surface area contributed by atoms with E-state index in [9.17, 15) is 0 Å². The summed E-state index contributed by atoms with van der Waals surface area (Å²) < 4.78 is 0. The maximum atomic E-state index is 6.48. The van der Waals surface area contributed by atoms with Crippen molar-refractivity contribution in [2.75, 3.05) is 0 Å². The van der Waals surface area contributed by atoms with Gasteiger partial charge in [-0.3, -0.25) is 4.98 Å². The quantitative estimate of drug-likeness (QED) is 0.208. The molecule has 0 aliphatic heterocycles. The third-order valence-electron chi connectivity index (χ3n) is 7.60. The number of rotatable bonds is 4. The van der Waals surface area contributed by atoms with Gasteiger partial charge in [0.05, 0.1) is 5.69 Å². The van der Waals surface area contributed by atoms with E-state index >= 15 is 0 Å². The lowest BCUT2D eigenvalue weighted by molar-refractivity contribution is 0.589. The first kappa shape index (κ1) is 26.0. The Morgan fingerprint density at radius 3 is 2.12 bits per heavy atom. The Bertz CT molecular complexity index is 1850. The highest BCUT2D eigenvalue weighted by Gasteiger charge is 2.16. The standard InChI is InChI=1S/C37H31ClN2/c1-24-13-14-26(25-9-6-5-7-10-25)20-32(24)31-16-15-30(33-22-36(38)40-23-34(31)33)27-11-8-12-28(19-27)35-21-29(17-18-39-35)37(2,3)4/h5-23H,1-4H3. The Kier molecular flexibility index (Phi) is 6.73. The van der Waals surface area contributed by atoms with Crippen LogP contribution in [0, 0.1) is 6.92 Å². The predicted molar refractivity (Wildman–Crippen MR) is 170 cm³/mol. The second-order valence-corrected chi connectivity index (χ2v) is 11.8. The van der Waals surface area contributed by atoms with E-state index in [1.165, 1.54) is 27.8 Å². The molecule has 0 unspecified atom stereocenters. The van der Waals surface area contributed by atoms with Gasteiger partial charge in [0.15, 0.2) is 0 Å². The van der Waals surface area contributed by atoms with Crippen LogP contribution in [-0.4, -0.2) is 9.97 Å². The molecule has 2 aromatic heterocycles. The highest BCUT2D eigenvalue weighted by molar-refractivity contribution is 6.30. The molecule has 2 nitrogen and oxygen atoms in total. The summed E-state index contributed by atoms with van der Waals surface area (Å²) in [6.07, 6.45) is 3.81. The number of pyridine rings is 2. The molecule has 0 spiro atoms. The molecule has 0 radical (unpaired) electrons. The van der Waals surface area contributed by atoms with Gasteiger partial charge in [-0.25, -0.2) is 4.98 Å². The predicted octanol–water partition coefficient (Wildman–Crippen LogP) is 10.6. The molecule has 0 aliphatic rings. The summed E-state index contributed by atoms with van der Waals surface area (Å²) >= 11 is 6.48. The van der Waals surface area contributed by atoms with Crippen molar-refractivity contribution >= 4 is 22.4 Å². The largest absolute Gasteiger partial charge is 0.256 e. The van der Waals surface area contributed by atoms with Crippen LogP contribution in [0.4, 0.5) is 0 Å². The maximum Gasteiger partial charge on any atom is 0.129 e. The number of fused-ring (bicyclic) bond motifs is 1. The topological polar surface area (TPSA) is 25.8 Å². The highest BCUT2D eigenvalue weighted by atomic mass is 35.5. The number of aryl methyl sites for hydroxylation is 1. The highest BCUT2D eigenvalue weighted by Crippen LogP contribution is 2.39. The van der Waals surface area contributed by atoms with Gasteiger partial charge in [-0.05, 0) is 92.6 Å². The van der Waals surface area contributed by atoms with Crippen molar-refractivity contribution in [2.24, 2.45) is 0 Å². The van der Waals surface area contributed by atoms with Crippen LogP contribution < -0.4 is 0 Å². The molecule has 196 valence electrons. The number of benzene rings is 4. The number of nitrogens with zero attached hydrogens (tertiary/aromatic N) is 2. The van der Waals surface area contributed by atoms with Crippen LogP contribution in [0.3, 0.4) is 0 Å². The van der Waals surface area contributed by atoms with Crippen molar-refractivity contribution in [3.05, 3.63) is 132 Å². The summed E-state index contributed by atoms with van der Waals surface area (Å²) in [6.45, 7) is 8.84. The zero-order valence-corrected chi connectivity index (χ0v) is 24.0. The number of hydrogen-bond donors (Lipinski definition) is 0. The first-order valence-corrected chi connectivity index (χ1v) is 14.0. The van der Waals surface area contributed by atoms with Gasteiger partial charge in [0.25, 0.3) is 0 Å². The van der Waals surface area contributed by atoms with Crippen molar-refractivity contribution in [3.63, 3.8) is 0 Å². The third-order valence-corrected chi connectivity index (χ3v) is 7.80. The van der Waals surface area contributed by atoms with Gasteiger partial charge < -0.3 is 0 Å². The summed E-state index contributed by atoms with van der Waals surface area (Å²) in [5.41, 5.74) is 11.6. The summed E-state index contributed by atoms with van der Waals surface area (Å²) in [5, 5.41) is 2.64. The molecule has 4 aromatic carbocycles. The molecule has 0 fully saturated rings. The zero-order valence-electron chi connectivity index (χ0n) is 23.2. The van der Waals surface area contributed by atoms with Gasteiger partial charge in [0.2, 0.25) is 0 Å². The Hall–Kier alpha value is -4.27. The Labute approximate surface area is 241 Å². The molecule has 0 bridgehead atoms. The van der Waals surface area contributed by atoms with Crippen LogP contribution in [0.1, 0.15) is 31.9 Å². The molecule has 2 heterocycles. The molecule has 0 atom stereocenters. The van der Waals surface area contributed by atoms with Crippen molar-refractivity contribution in [1.82, 2.24) is 9.97 Å². The van der Waals surface area contributed by atoms with Gasteiger partial charge in [-0.15, -0.1) is 0 Å². The molecular formula is C37H31ClN2. The van der Waals surface area contributed by atoms with Gasteiger partial charge in [0, 0.05) is 23.3 Å². The lowest BCUT2D eigenvalue weighted by atomic mass is 9.86. The smallest absolute Gasteiger partial charge is 0.129 e. The van der Waals surface area contributed by atoms with Crippen LogP contribution in [0.2, 0.25) is 5.15 Å². The third kappa shape index (κ3) is 5.03. The van der Waals surface area contributed by atoms with Crippen molar-refractivity contribution in [3.8, 4) is 44.6 Å². The van der Waals surface area contributed by atoms with Crippen molar-refractivity contribution < 1.29 is 0 Å². The van der Waals surface area contributed by atoms with Crippen LogP contribution >= 0.6 is 11.6 Å². The Balaban J connectivity index is 1.49. The molecule has 40 heavy (non-hydrogen) atoms. The SMILES string of the molecule is Cc1ccc(-c2ccccc2)cc1-c1ccc(-c2cccc(-c3cc(C(C)(C)C)ccn3)c2)c2cc(Cl)ncc12. The second kappa shape index (κ2) is 10.4. The minimum absolute atomic E-state index is 0.0566. The molecule has 6 aromatic rings. The van der Waals surface area contributed by atoms with Gasteiger partial charge >= 0.3 is 0 Å². The zero-order chi connectivity index (χ0) is 27.9. The molecule has 0 saturated heterocycles. The lowest BCUT2D eigenvalue weighted by Gasteiger charge is -2.19. The first-order valence-electron chi connectivity index (χ1n) is 13.6. The van der Waals surface area contributed by atoms with Crippen LogP contribution in [0.15, 0.2) is 116 Å². The van der Waals surface area contributed by atoms with E-state index in [1.54, 1.807) is 0 Å². The number of hydrogen-bond acceptors (Lipinski definition) is 2. The van der Waals surface area contributed by atoms with Gasteiger partial charge in [0.1, 0.15) is 5.15 Å². The summed E-state index contributed by atoms with van der Waals surface area (Å²) in [5.74, 6) is 0. The number of aromatic nitrogens is 2. The van der Waals surface area contributed by atoms with E-state index < -0.39 is 0 Å². The minimum Gasteiger partial charge on any atom is -0.256 e. The Morgan fingerprint density at radius 2 is 1.32 bits per heavy atom. The fourth-order valence-electron chi connectivity index (χ4n) is 5.32. The van der Waals surface area contributed by atoms with Crippen LogP contribution in [-0.2, 0) is 5.41 Å². The number of halogens is 1. The van der Waals surface area contributed by atoms with Crippen molar-refractivity contribution in [1.29, 1.82) is 0 Å². The molecule has 0 aliphatic carbocycles. The average Bonchev–Trinajstić information content (AvgIpc) is 2.97. The fraction of sp³-hybridized carbons (Fsp3) is 0.135. The molecule has 6 rings (SSSR count). The fourth-order valence-corrected chi connectivity index (χ4v) is 5.48. The second-order valence-electron chi connectivity index (χ2n) is 11.4. The molecule has 0 N–H and O–H groups in total. The van der Waals surface area contributed by atoms with E-state index in [0.717, 1.165) is 38.7 Å². The average molecular weight is 539 g/mol. The van der Waals surface area contributed by atoms with E-state index in [-0.39, 0.29) is 5.41 Å². The normalized spacial score (nSPS) is 11.6. The Morgan fingerprint density at radius 1 is 0.575 bits per heavy atom. The maximum absolute atomic E-state index is 6.48. The van der Waals surface area contributed by atoms with Gasteiger partial charge in [-0.1, -0.05) is 105 Å². The van der Waals surface area contributed by atoms with Crippen molar-refractivity contribution in [2.45, 2.75) is 33.1 Å². The van der Waals surface area contributed by atoms with Gasteiger partial charge in [-0.2, -0.15) is 0 Å². The van der Waals surface area contributed by atoms with E-state index in [0.29, 0.717) is 5.15 Å². The molecule has 0 amide bonds. The first-order chi connectivity index (χ1) is 19.3. The minimum atomic E-state index is 0.0566. The summed E-state index contributed by atoms with van der Waals surface area (Å²) in [6, 6.07) is 36.5. The van der Waals surface area contributed by atoms with Crippen LogP contribution in [0.25, 0.3) is 55.4 Å². The monoisotopic (exact) mass is 538 g/mol. The molecule has 0 saturated carbocycles. The lowest BCUT2D eigenvalue weighted by Crippen LogP contribution is -2.11. The molecule has 3 heteroatoms. The summed E-state index contributed by atoms with van der Waals surface area (Å²) in [7, 11) is 0. The summed E-state index contributed by atoms with van der Waals surface area (Å²) in [4.78, 5) is 9.19. The van der Waals surface area contributed by atoms with E-state index in [1.807, 2.05) is 24.5 Å². The van der Waals surface area contributed by atoms with E-state index in [2.05, 4.69) is 124 Å². The van der Waals surface area contributed by atoms with Crippen LogP contribution in [0.5, 0.6) is 0 Å². The van der Waals surface area contributed by atoms with E-state index in [4.69, 9.17) is 16.6 Å². The molecular weight excluding hydrogens is 508 g/mol.